The van der Waals surface area contributed by atoms with Gasteiger partial charge in [0.15, 0.2) is 0 Å². The highest BCUT2D eigenvalue weighted by molar-refractivity contribution is 5.72. The summed E-state index contributed by atoms with van der Waals surface area (Å²) in [5.41, 5.74) is 0.272. The molecule has 0 amide bonds. The minimum absolute atomic E-state index is 0.272. The highest BCUT2D eigenvalue weighted by atomic mass is 16.4. The van der Waals surface area contributed by atoms with Crippen molar-refractivity contribution in [3.8, 4) is 0 Å². The highest BCUT2D eigenvalue weighted by Crippen LogP contribution is 2.02. The monoisotopic (exact) mass is 191 g/mol. The molecule has 0 saturated carbocycles. The zero-order valence-electron chi connectivity index (χ0n) is 10.7. The van der Waals surface area contributed by atoms with Gasteiger partial charge < -0.3 is 15.3 Å². The molecule has 0 radical (unpaired) electrons. The zero-order chi connectivity index (χ0) is 12.1. The van der Waals surface area contributed by atoms with Crippen LogP contribution >= 0.6 is 0 Å². The third kappa shape index (κ3) is 7.74. The van der Waals surface area contributed by atoms with Gasteiger partial charge in [-0.05, 0) is 19.3 Å². The van der Waals surface area contributed by atoms with E-state index in [-0.39, 0.29) is 5.72 Å². The normalized spacial score (nSPS) is 16.6. The number of aliphatic carboxylic acids is 1. The van der Waals surface area contributed by atoms with Crippen LogP contribution in [0.5, 0.6) is 0 Å². The number of rotatable bonds is 7. The lowest BCUT2D eigenvalue weighted by Gasteiger charge is -2.23. The number of carboxylic acid groups (broad SMARTS) is 1. The number of hydrogen-bond donors (Lipinski definition) is 2. The van der Waals surface area contributed by atoms with Gasteiger partial charge in [-0.15, -0.1) is 0 Å². The van der Waals surface area contributed by atoms with E-state index in [0.29, 0.717) is 6.42 Å². The summed E-state index contributed by atoms with van der Waals surface area (Å²) in [5.74, 6) is -1.09. The van der Waals surface area contributed by atoms with Gasteiger partial charge in [-0.25, -0.2) is 0 Å². The van der Waals surface area contributed by atoms with Crippen molar-refractivity contribution >= 4 is 5.97 Å². The number of carboxylic acids is 1. The van der Waals surface area contributed by atoms with E-state index < -0.39 is 12.0 Å². The van der Waals surface area contributed by atoms with Crippen molar-refractivity contribution in [3.63, 3.8) is 0 Å². The van der Waals surface area contributed by atoms with Crippen LogP contribution in [0, 0.1) is 0 Å². The second-order valence-electron chi connectivity index (χ2n) is 4.36. The molecule has 13 heavy (non-hydrogen) atoms. The van der Waals surface area contributed by atoms with Crippen molar-refractivity contribution in [2.24, 2.45) is 5.72 Å². The first-order valence-electron chi connectivity index (χ1n) is 5.44. The third-order valence-corrected chi connectivity index (χ3v) is 1.84. The average Bonchev–Trinajstić information content (AvgIpc) is 2.00. The third-order valence-electron chi connectivity index (χ3n) is 1.84. The molecule has 0 saturated heterocycles. The fourth-order valence-electron chi connectivity index (χ4n) is 1.05. The lowest BCUT2D eigenvalue weighted by molar-refractivity contribution is -0.870. The number of unbranched alkanes of at least 4 members (excludes halogenated alkanes) is 1. The van der Waals surface area contributed by atoms with Crippen molar-refractivity contribution in [2.45, 2.75) is 25.3 Å². The molecule has 0 aliphatic rings. The Balaban J connectivity index is 3.78. The molecule has 78 valence electrons. The second-order valence-corrected chi connectivity index (χ2v) is 4.36. The molecule has 0 bridgehead atoms. The van der Waals surface area contributed by atoms with Crippen LogP contribution in [-0.4, -0.2) is 49.3 Å². The van der Waals surface area contributed by atoms with Gasteiger partial charge >= 0.3 is 5.97 Å². The minimum Gasteiger partial charge on any atom is -0.480 e. The molecule has 0 heterocycles. The van der Waals surface area contributed by atoms with Gasteiger partial charge in [0.2, 0.25) is 0 Å². The SMILES string of the molecule is [2H]N([2H])[C@@H](CCCC[N+](C)(C)C)C(=O)O. The van der Waals surface area contributed by atoms with E-state index in [0.717, 1.165) is 23.9 Å². The summed E-state index contributed by atoms with van der Waals surface area (Å²) in [6.07, 6.45) is 2.02. The molecule has 4 nitrogen and oxygen atoms in total. The topological polar surface area (TPSA) is 63.3 Å². The molecule has 3 N–H and O–H groups in total. The van der Waals surface area contributed by atoms with Gasteiger partial charge in [-0.1, -0.05) is 0 Å². The van der Waals surface area contributed by atoms with Crippen molar-refractivity contribution in [1.82, 2.24) is 0 Å². The number of quaternary nitrogens is 1. The summed E-state index contributed by atoms with van der Waals surface area (Å²) in [4.78, 5) is 10.6. The Morgan fingerprint density at radius 1 is 1.54 bits per heavy atom. The summed E-state index contributed by atoms with van der Waals surface area (Å²) in [7, 11) is 6.24. The van der Waals surface area contributed by atoms with Crippen LogP contribution < -0.4 is 5.72 Å². The van der Waals surface area contributed by atoms with Crippen LogP contribution in [0.1, 0.15) is 19.3 Å². The average molecular weight is 191 g/mol. The predicted molar refractivity (Wildman–Crippen MR) is 52.4 cm³/mol. The maximum atomic E-state index is 10.6. The van der Waals surface area contributed by atoms with Crippen LogP contribution in [0.25, 0.3) is 0 Å². The zero-order valence-corrected chi connectivity index (χ0v) is 8.66. The van der Waals surface area contributed by atoms with Crippen LogP contribution in [0.4, 0.5) is 0 Å². The summed E-state index contributed by atoms with van der Waals surface area (Å²) >= 11 is 0. The van der Waals surface area contributed by atoms with Crippen LogP contribution in [-0.2, 0) is 4.79 Å². The van der Waals surface area contributed by atoms with E-state index in [1.807, 2.05) is 0 Å². The quantitative estimate of drug-likeness (QED) is 0.448. The first kappa shape index (κ1) is 8.97. The molecule has 0 aromatic carbocycles. The Morgan fingerprint density at radius 3 is 2.54 bits per heavy atom. The maximum absolute atomic E-state index is 10.6. The van der Waals surface area contributed by atoms with Crippen molar-refractivity contribution in [3.05, 3.63) is 0 Å². The van der Waals surface area contributed by atoms with Crippen LogP contribution in [0.15, 0.2) is 0 Å². The van der Waals surface area contributed by atoms with E-state index in [1.165, 1.54) is 0 Å². The molecule has 0 fully saturated rings. The van der Waals surface area contributed by atoms with Gasteiger partial charge in [-0.2, -0.15) is 0 Å². The molecule has 1 atom stereocenters. The molecule has 0 unspecified atom stereocenters. The first-order chi connectivity index (χ1) is 6.74. The highest BCUT2D eigenvalue weighted by Gasteiger charge is 2.11. The Labute approximate surface area is 82.9 Å². The van der Waals surface area contributed by atoms with Gasteiger partial charge in [0.05, 0.1) is 27.7 Å². The Hall–Kier alpha value is -0.610. The Kier molecular flexibility index (Phi) is 3.58. The largest absolute Gasteiger partial charge is 0.480 e. The van der Waals surface area contributed by atoms with E-state index in [2.05, 4.69) is 21.1 Å². The van der Waals surface area contributed by atoms with Crippen molar-refractivity contribution < 1.29 is 17.2 Å². The number of nitrogens with zero attached hydrogens (tertiary/aromatic N) is 1. The smallest absolute Gasteiger partial charge is 0.320 e. The summed E-state index contributed by atoms with van der Waals surface area (Å²) < 4.78 is 14.7. The predicted octanol–water partition coefficient (Wildman–Crippen LogP) is 0.275. The molecule has 0 aromatic heterocycles. The van der Waals surface area contributed by atoms with Gasteiger partial charge in [0.25, 0.3) is 0 Å². The summed E-state index contributed by atoms with van der Waals surface area (Å²) in [6, 6.07) is -1.00. The van der Waals surface area contributed by atoms with Crippen molar-refractivity contribution in [1.29, 1.82) is 0 Å². The Morgan fingerprint density at radius 2 is 2.15 bits per heavy atom. The molecule has 0 spiro atoms. The standard InChI is InChI=1S/C9H20N2O2/c1-11(2,3)7-5-4-6-8(10)9(12)13/h8H,4-7,10H2,1-3H3/p+1/t8-/m0/s1/i/hD2. The van der Waals surface area contributed by atoms with Gasteiger partial charge in [0, 0.05) is 0 Å². The van der Waals surface area contributed by atoms with E-state index >= 15 is 0 Å². The van der Waals surface area contributed by atoms with Crippen LogP contribution in [0.3, 0.4) is 0 Å². The fourth-order valence-corrected chi connectivity index (χ4v) is 1.05. The number of hydrogen-bond acceptors (Lipinski definition) is 2. The molecule has 0 aromatic rings. The van der Waals surface area contributed by atoms with E-state index in [4.69, 9.17) is 7.93 Å². The molecular formula is C9H21N2O2+. The van der Waals surface area contributed by atoms with E-state index in [9.17, 15) is 4.79 Å². The molecule has 0 aliphatic carbocycles. The molecule has 0 rings (SSSR count). The minimum atomic E-state index is -1.09. The van der Waals surface area contributed by atoms with Gasteiger partial charge in [0.1, 0.15) is 8.87 Å². The first-order valence-corrected chi connectivity index (χ1v) is 4.54. The summed E-state index contributed by atoms with van der Waals surface area (Å²) in [5, 5.41) is 8.72. The van der Waals surface area contributed by atoms with Gasteiger partial charge in [-0.3, -0.25) is 4.79 Å². The second kappa shape index (κ2) is 5.19. The lowest BCUT2D eigenvalue weighted by atomic mass is 10.1. The summed E-state index contributed by atoms with van der Waals surface area (Å²) in [6.45, 7) is 0.975. The Bertz CT molecular complexity index is 205. The lowest BCUT2D eigenvalue weighted by Crippen LogP contribution is -2.35. The number of nitrogens with two attached hydrogens (primary N) is 1. The fraction of sp³-hybridized carbons (Fsp3) is 0.889. The number of carbonyl (C=O) groups is 1. The molecular weight excluding hydrogens is 168 g/mol. The maximum Gasteiger partial charge on any atom is 0.320 e. The van der Waals surface area contributed by atoms with E-state index in [1.54, 1.807) is 0 Å². The molecule has 4 heteroatoms. The van der Waals surface area contributed by atoms with Crippen LogP contribution in [0.2, 0.25) is 2.82 Å². The van der Waals surface area contributed by atoms with Crippen molar-refractivity contribution in [2.75, 3.05) is 27.7 Å². The molecule has 0 aliphatic heterocycles.